The van der Waals surface area contributed by atoms with E-state index >= 15 is 0 Å². The molecule has 0 radical (unpaired) electrons. The van der Waals surface area contributed by atoms with Crippen LogP contribution >= 0.6 is 11.8 Å². The number of fused-ring (bicyclic) bond motifs is 2. The van der Waals surface area contributed by atoms with E-state index in [4.69, 9.17) is 14.6 Å². The maximum atomic E-state index is 10.5. The van der Waals surface area contributed by atoms with E-state index in [1.807, 2.05) is 42.1 Å². The Morgan fingerprint density at radius 1 is 1.17 bits per heavy atom. The van der Waals surface area contributed by atoms with Gasteiger partial charge in [-0.1, -0.05) is 18.2 Å². The third-order valence-corrected chi connectivity index (χ3v) is 6.15. The topological polar surface area (TPSA) is 55.8 Å². The molecule has 132 valence electrons. The maximum absolute atomic E-state index is 10.5. The molecule has 0 spiro atoms. The Bertz CT molecular complexity index is 521. The van der Waals surface area contributed by atoms with E-state index in [-0.39, 0.29) is 6.42 Å². The normalized spacial score (nSPS) is 28.2. The summed E-state index contributed by atoms with van der Waals surface area (Å²) >= 11 is 1.87. The van der Waals surface area contributed by atoms with Crippen LogP contribution in [0.2, 0.25) is 0 Å². The lowest BCUT2D eigenvalue weighted by atomic mass is 9.78. The molecule has 2 fully saturated rings. The third kappa shape index (κ3) is 4.67. The Labute approximate surface area is 147 Å². The van der Waals surface area contributed by atoms with E-state index in [1.165, 1.54) is 6.42 Å². The standard InChI is InChI=1S/C19H26O4S/c20-19(21)7-4-11-24-12-10-15-16(18-9-8-17(15)23-18)13-22-14-5-2-1-3-6-14/h1-3,5-6,15-18H,4,7-13H2,(H,20,21)/t15-,16+,17-,18+/m0/s1. The molecule has 24 heavy (non-hydrogen) atoms. The van der Waals surface area contributed by atoms with Gasteiger partial charge in [0, 0.05) is 12.3 Å². The van der Waals surface area contributed by atoms with Gasteiger partial charge in [-0.15, -0.1) is 0 Å². The predicted molar refractivity (Wildman–Crippen MR) is 95.6 cm³/mol. The summed E-state index contributed by atoms with van der Waals surface area (Å²) < 4.78 is 12.1. The number of thioether (sulfide) groups is 1. The second-order valence-electron chi connectivity index (χ2n) is 6.64. The van der Waals surface area contributed by atoms with Gasteiger partial charge < -0.3 is 14.6 Å². The van der Waals surface area contributed by atoms with Crippen molar-refractivity contribution in [3.63, 3.8) is 0 Å². The number of hydrogen-bond donors (Lipinski definition) is 1. The zero-order chi connectivity index (χ0) is 16.8. The van der Waals surface area contributed by atoms with Crippen molar-refractivity contribution in [3.8, 4) is 5.75 Å². The van der Waals surface area contributed by atoms with Gasteiger partial charge in [0.15, 0.2) is 0 Å². The van der Waals surface area contributed by atoms with Crippen molar-refractivity contribution in [1.29, 1.82) is 0 Å². The SMILES string of the molecule is O=C(O)CCCSCC[C@H]1[C@@H](COc2ccccc2)[C@H]2CC[C@@H]1O2. The van der Waals surface area contributed by atoms with Gasteiger partial charge in [-0.05, 0) is 55.2 Å². The number of rotatable bonds is 10. The molecule has 0 amide bonds. The molecule has 1 aromatic rings. The van der Waals surface area contributed by atoms with Crippen LogP contribution in [0.1, 0.15) is 32.1 Å². The highest BCUT2D eigenvalue weighted by Crippen LogP contribution is 2.45. The summed E-state index contributed by atoms with van der Waals surface area (Å²) in [5.41, 5.74) is 0. The Morgan fingerprint density at radius 3 is 2.67 bits per heavy atom. The smallest absolute Gasteiger partial charge is 0.303 e. The average molecular weight is 350 g/mol. The molecule has 0 unspecified atom stereocenters. The lowest BCUT2D eigenvalue weighted by Crippen LogP contribution is -2.32. The quantitative estimate of drug-likeness (QED) is 0.650. The highest BCUT2D eigenvalue weighted by molar-refractivity contribution is 7.99. The highest BCUT2D eigenvalue weighted by atomic mass is 32.2. The Hall–Kier alpha value is -1.20. The monoisotopic (exact) mass is 350 g/mol. The first-order chi connectivity index (χ1) is 11.7. The van der Waals surface area contributed by atoms with Crippen molar-refractivity contribution in [2.45, 2.75) is 44.3 Å². The number of ether oxygens (including phenoxy) is 2. The number of carbonyl (C=O) groups is 1. The summed E-state index contributed by atoms with van der Waals surface area (Å²) in [6, 6.07) is 10.00. The van der Waals surface area contributed by atoms with Crippen LogP contribution in [0.25, 0.3) is 0 Å². The van der Waals surface area contributed by atoms with Gasteiger partial charge in [0.1, 0.15) is 5.75 Å². The fourth-order valence-electron chi connectivity index (χ4n) is 3.86. The van der Waals surface area contributed by atoms with E-state index in [1.54, 1.807) is 0 Å². The second-order valence-corrected chi connectivity index (χ2v) is 7.87. The Morgan fingerprint density at radius 2 is 1.92 bits per heavy atom. The Balaban J connectivity index is 1.42. The summed E-state index contributed by atoms with van der Waals surface area (Å²) in [5.74, 6) is 3.32. The predicted octanol–water partition coefficient (Wildman–Crippen LogP) is 3.85. The van der Waals surface area contributed by atoms with Crippen molar-refractivity contribution in [2.75, 3.05) is 18.1 Å². The van der Waals surface area contributed by atoms with Gasteiger partial charge >= 0.3 is 5.97 Å². The van der Waals surface area contributed by atoms with Crippen LogP contribution in [0.5, 0.6) is 5.75 Å². The van der Waals surface area contributed by atoms with Crippen molar-refractivity contribution in [1.82, 2.24) is 0 Å². The highest BCUT2D eigenvalue weighted by Gasteiger charge is 2.48. The fraction of sp³-hybridized carbons (Fsp3) is 0.632. The van der Waals surface area contributed by atoms with Crippen LogP contribution in [0, 0.1) is 11.8 Å². The summed E-state index contributed by atoms with van der Waals surface area (Å²) in [6.45, 7) is 0.736. The molecule has 4 atom stereocenters. The lowest BCUT2D eigenvalue weighted by Gasteiger charge is -2.28. The molecule has 5 heteroatoms. The minimum atomic E-state index is -0.699. The third-order valence-electron chi connectivity index (χ3n) is 5.05. The minimum Gasteiger partial charge on any atom is -0.493 e. The molecule has 0 saturated carbocycles. The maximum Gasteiger partial charge on any atom is 0.303 e. The van der Waals surface area contributed by atoms with Gasteiger partial charge in [-0.25, -0.2) is 0 Å². The summed E-state index contributed by atoms with van der Waals surface area (Å²) in [6.07, 6.45) is 5.28. The van der Waals surface area contributed by atoms with E-state index in [2.05, 4.69) is 0 Å². The van der Waals surface area contributed by atoms with Gasteiger partial charge in [0.05, 0.1) is 18.8 Å². The fourth-order valence-corrected chi connectivity index (χ4v) is 4.85. The molecule has 2 heterocycles. The van der Waals surface area contributed by atoms with Crippen molar-refractivity contribution < 1.29 is 19.4 Å². The largest absolute Gasteiger partial charge is 0.493 e. The average Bonchev–Trinajstić information content (AvgIpc) is 3.18. The number of carboxylic acid groups (broad SMARTS) is 1. The molecule has 2 bridgehead atoms. The molecule has 0 aromatic heterocycles. The minimum absolute atomic E-state index is 0.276. The number of aliphatic carboxylic acids is 1. The molecule has 1 N–H and O–H groups in total. The second kappa shape index (κ2) is 8.77. The van der Waals surface area contributed by atoms with E-state index in [0.29, 0.717) is 24.0 Å². The van der Waals surface area contributed by atoms with Crippen molar-refractivity contribution in [2.24, 2.45) is 11.8 Å². The number of carboxylic acids is 1. The molecular weight excluding hydrogens is 324 g/mol. The van der Waals surface area contributed by atoms with Crippen LogP contribution in [-0.2, 0) is 9.53 Å². The summed E-state index contributed by atoms with van der Waals surface area (Å²) in [4.78, 5) is 10.5. The van der Waals surface area contributed by atoms with Crippen LogP contribution in [0.3, 0.4) is 0 Å². The Kier molecular flexibility index (Phi) is 6.44. The number of benzene rings is 1. The van der Waals surface area contributed by atoms with E-state index in [9.17, 15) is 4.79 Å². The van der Waals surface area contributed by atoms with Gasteiger partial charge in [-0.3, -0.25) is 4.79 Å². The molecule has 3 rings (SSSR count). The van der Waals surface area contributed by atoms with Gasteiger partial charge in [-0.2, -0.15) is 11.8 Å². The van der Waals surface area contributed by atoms with Crippen LogP contribution in [-0.4, -0.2) is 41.4 Å². The van der Waals surface area contributed by atoms with Crippen LogP contribution in [0.15, 0.2) is 30.3 Å². The number of para-hydroxylation sites is 1. The van der Waals surface area contributed by atoms with E-state index in [0.717, 1.165) is 43.1 Å². The molecule has 2 aliphatic rings. The van der Waals surface area contributed by atoms with Crippen LogP contribution < -0.4 is 4.74 Å². The molecule has 2 aliphatic heterocycles. The zero-order valence-corrected chi connectivity index (χ0v) is 14.7. The molecular formula is C19H26O4S. The lowest BCUT2D eigenvalue weighted by molar-refractivity contribution is -0.137. The molecule has 1 aromatic carbocycles. The van der Waals surface area contributed by atoms with Gasteiger partial charge in [0.2, 0.25) is 0 Å². The summed E-state index contributed by atoms with van der Waals surface area (Å²) in [7, 11) is 0. The van der Waals surface area contributed by atoms with Crippen molar-refractivity contribution in [3.05, 3.63) is 30.3 Å². The molecule has 2 saturated heterocycles. The first-order valence-corrected chi connectivity index (χ1v) is 10.0. The van der Waals surface area contributed by atoms with Crippen LogP contribution in [0.4, 0.5) is 0 Å². The van der Waals surface area contributed by atoms with Gasteiger partial charge in [0.25, 0.3) is 0 Å². The number of hydrogen-bond acceptors (Lipinski definition) is 4. The molecule has 4 nitrogen and oxygen atoms in total. The first-order valence-electron chi connectivity index (χ1n) is 8.87. The first kappa shape index (κ1) is 17.6. The van der Waals surface area contributed by atoms with Crippen molar-refractivity contribution >= 4 is 17.7 Å². The summed E-state index contributed by atoms with van der Waals surface area (Å²) in [5, 5.41) is 8.66. The zero-order valence-electron chi connectivity index (χ0n) is 13.9. The molecule has 0 aliphatic carbocycles. The van der Waals surface area contributed by atoms with E-state index < -0.39 is 5.97 Å².